The van der Waals surface area contributed by atoms with Gasteiger partial charge >= 0.3 is 0 Å². The summed E-state index contributed by atoms with van der Waals surface area (Å²) in [7, 11) is -2.07. The Kier molecular flexibility index (Phi) is 4.22. The van der Waals surface area contributed by atoms with Gasteiger partial charge in [-0.3, -0.25) is 0 Å². The molecule has 0 aliphatic heterocycles. The zero-order valence-corrected chi connectivity index (χ0v) is 10.3. The van der Waals surface area contributed by atoms with Crippen LogP contribution in [0.1, 0.15) is 11.4 Å². The molecule has 0 aliphatic carbocycles. The predicted octanol–water partition coefficient (Wildman–Crippen LogP) is 0.189. The maximum absolute atomic E-state index is 8.82. The van der Waals surface area contributed by atoms with Gasteiger partial charge in [0.2, 0.25) is 5.82 Å². The highest BCUT2D eigenvalue weighted by Gasteiger charge is 2.08. The average Bonchev–Trinajstić information content (AvgIpc) is 2.39. The highest BCUT2D eigenvalue weighted by Crippen LogP contribution is 2.26. The molecule has 0 atom stereocenters. The van der Waals surface area contributed by atoms with Crippen LogP contribution < -0.4 is 5.73 Å². The third-order valence-electron chi connectivity index (χ3n) is 2.25. The number of nitrogens with zero attached hydrogens (tertiary/aromatic N) is 4. The van der Waals surface area contributed by atoms with Crippen molar-refractivity contribution in [1.29, 1.82) is 0 Å². The van der Waals surface area contributed by atoms with Gasteiger partial charge in [0.25, 0.3) is 0 Å². The van der Waals surface area contributed by atoms with Gasteiger partial charge in [-0.2, -0.15) is 0 Å². The summed E-state index contributed by atoms with van der Waals surface area (Å²) in [6.07, 6.45) is -0.0261. The molecule has 0 amide bonds. The molecule has 18 heavy (non-hydrogen) atoms. The standard InChI is InChI=1S/C10H12N5O2P/c11-5-7-1-3-8(4-2-7)10-14-12-9(13-15-10)6-18(16)17/h1-4,16-17H,5-6,11H2. The van der Waals surface area contributed by atoms with Crippen LogP contribution in [0.5, 0.6) is 0 Å². The maximum atomic E-state index is 8.82. The summed E-state index contributed by atoms with van der Waals surface area (Å²) in [6.45, 7) is 0.479. The smallest absolute Gasteiger partial charge is 0.203 e. The van der Waals surface area contributed by atoms with Gasteiger partial charge in [0.05, 0.1) is 6.16 Å². The van der Waals surface area contributed by atoms with Crippen LogP contribution >= 0.6 is 8.38 Å². The molecule has 0 aliphatic rings. The predicted molar refractivity (Wildman–Crippen MR) is 66.0 cm³/mol. The van der Waals surface area contributed by atoms with E-state index in [4.69, 9.17) is 15.5 Å². The fourth-order valence-electron chi connectivity index (χ4n) is 1.35. The monoisotopic (exact) mass is 265 g/mol. The van der Waals surface area contributed by atoms with Crippen molar-refractivity contribution in [3.05, 3.63) is 35.7 Å². The second kappa shape index (κ2) is 5.88. The average molecular weight is 265 g/mol. The van der Waals surface area contributed by atoms with Crippen LogP contribution in [0.3, 0.4) is 0 Å². The van der Waals surface area contributed by atoms with Gasteiger partial charge in [0, 0.05) is 12.1 Å². The Hall–Kier alpha value is -1.53. The number of hydrogen-bond donors (Lipinski definition) is 3. The molecule has 2 rings (SSSR count). The van der Waals surface area contributed by atoms with E-state index in [9.17, 15) is 0 Å². The first-order valence-electron chi connectivity index (χ1n) is 5.20. The summed E-state index contributed by atoms with van der Waals surface area (Å²) in [5.74, 6) is 0.607. The molecule has 4 N–H and O–H groups in total. The molecular weight excluding hydrogens is 253 g/mol. The van der Waals surface area contributed by atoms with Gasteiger partial charge in [-0.15, -0.1) is 20.4 Å². The molecule has 0 spiro atoms. The Morgan fingerprint density at radius 3 is 2.11 bits per heavy atom. The molecule has 2 aromatic rings. The SMILES string of the molecule is NCc1ccc(-c2nnc(CP(O)O)nn2)cc1. The Bertz CT molecular complexity index is 503. The highest BCUT2D eigenvalue weighted by atomic mass is 31.2. The van der Waals surface area contributed by atoms with Crippen LogP contribution in [0, 0.1) is 0 Å². The molecule has 0 saturated carbocycles. The van der Waals surface area contributed by atoms with Gasteiger partial charge in [0.15, 0.2) is 14.2 Å². The summed E-state index contributed by atoms with van der Waals surface area (Å²) < 4.78 is 0. The third kappa shape index (κ3) is 3.24. The zero-order valence-electron chi connectivity index (χ0n) is 9.43. The summed E-state index contributed by atoms with van der Waals surface area (Å²) in [5.41, 5.74) is 7.31. The van der Waals surface area contributed by atoms with E-state index in [1.165, 1.54) is 0 Å². The van der Waals surface area contributed by atoms with Gasteiger partial charge in [-0.1, -0.05) is 24.3 Å². The molecule has 0 unspecified atom stereocenters. The van der Waals surface area contributed by atoms with Crippen molar-refractivity contribution < 1.29 is 9.79 Å². The first kappa shape index (κ1) is 12.9. The van der Waals surface area contributed by atoms with E-state index in [1.807, 2.05) is 24.3 Å². The number of hydrogen-bond acceptors (Lipinski definition) is 7. The van der Waals surface area contributed by atoms with E-state index < -0.39 is 8.38 Å². The lowest BCUT2D eigenvalue weighted by Gasteiger charge is -2.02. The number of aromatic nitrogens is 4. The Balaban J connectivity index is 2.17. The highest BCUT2D eigenvalue weighted by molar-refractivity contribution is 7.44. The first-order chi connectivity index (χ1) is 8.69. The molecular formula is C10H12N5O2P. The fraction of sp³-hybridized carbons (Fsp3) is 0.200. The molecule has 94 valence electrons. The third-order valence-corrected chi connectivity index (χ3v) is 2.82. The molecule has 0 saturated heterocycles. The summed E-state index contributed by atoms with van der Waals surface area (Å²) >= 11 is 0. The van der Waals surface area contributed by atoms with Crippen molar-refractivity contribution >= 4 is 8.38 Å². The van der Waals surface area contributed by atoms with Crippen LogP contribution in [-0.4, -0.2) is 30.2 Å². The van der Waals surface area contributed by atoms with Crippen molar-refractivity contribution in [2.45, 2.75) is 12.7 Å². The van der Waals surface area contributed by atoms with Crippen molar-refractivity contribution in [3.63, 3.8) is 0 Å². The maximum Gasteiger partial charge on any atom is 0.203 e. The minimum Gasteiger partial charge on any atom is -0.350 e. The quantitative estimate of drug-likeness (QED) is 0.675. The summed E-state index contributed by atoms with van der Waals surface area (Å²) in [4.78, 5) is 17.6. The first-order valence-corrected chi connectivity index (χ1v) is 6.63. The van der Waals surface area contributed by atoms with E-state index in [1.54, 1.807) is 0 Å². The van der Waals surface area contributed by atoms with E-state index in [0.29, 0.717) is 12.4 Å². The van der Waals surface area contributed by atoms with E-state index in [2.05, 4.69) is 20.4 Å². The lowest BCUT2D eigenvalue weighted by Crippen LogP contribution is -2.02. The van der Waals surface area contributed by atoms with Crippen LogP contribution in [0.15, 0.2) is 24.3 Å². The molecule has 7 nitrogen and oxygen atoms in total. The van der Waals surface area contributed by atoms with Crippen LogP contribution in [0.4, 0.5) is 0 Å². The van der Waals surface area contributed by atoms with E-state index in [-0.39, 0.29) is 12.0 Å². The van der Waals surface area contributed by atoms with Crippen LogP contribution in [0.2, 0.25) is 0 Å². The van der Waals surface area contributed by atoms with Gasteiger partial charge < -0.3 is 15.5 Å². The van der Waals surface area contributed by atoms with E-state index in [0.717, 1.165) is 11.1 Å². The van der Waals surface area contributed by atoms with Crippen LogP contribution in [0.25, 0.3) is 11.4 Å². The van der Waals surface area contributed by atoms with Crippen molar-refractivity contribution in [1.82, 2.24) is 20.4 Å². The second-order valence-corrected chi connectivity index (χ2v) is 4.63. The second-order valence-electron chi connectivity index (χ2n) is 3.57. The molecule has 1 aromatic carbocycles. The molecule has 1 heterocycles. The van der Waals surface area contributed by atoms with Crippen molar-refractivity contribution in [3.8, 4) is 11.4 Å². The number of rotatable bonds is 4. The van der Waals surface area contributed by atoms with Crippen LogP contribution in [-0.2, 0) is 12.7 Å². The largest absolute Gasteiger partial charge is 0.350 e. The summed E-state index contributed by atoms with van der Waals surface area (Å²) in [5, 5.41) is 15.4. The minimum absolute atomic E-state index is 0.0261. The molecule has 8 heteroatoms. The zero-order chi connectivity index (χ0) is 13.0. The van der Waals surface area contributed by atoms with E-state index >= 15 is 0 Å². The summed E-state index contributed by atoms with van der Waals surface area (Å²) in [6, 6.07) is 7.44. The Morgan fingerprint density at radius 2 is 1.61 bits per heavy atom. The van der Waals surface area contributed by atoms with Crippen molar-refractivity contribution in [2.75, 3.05) is 0 Å². The van der Waals surface area contributed by atoms with Crippen molar-refractivity contribution in [2.24, 2.45) is 5.73 Å². The molecule has 0 radical (unpaired) electrons. The van der Waals surface area contributed by atoms with Gasteiger partial charge in [-0.25, -0.2) is 0 Å². The Labute approximate surface area is 105 Å². The van der Waals surface area contributed by atoms with Gasteiger partial charge in [0.1, 0.15) is 0 Å². The van der Waals surface area contributed by atoms with Gasteiger partial charge in [-0.05, 0) is 5.56 Å². The normalized spacial score (nSPS) is 10.9. The lowest BCUT2D eigenvalue weighted by atomic mass is 10.1. The number of nitrogens with two attached hydrogens (primary N) is 1. The fourth-order valence-corrected chi connectivity index (χ4v) is 1.72. The molecule has 0 bridgehead atoms. The minimum atomic E-state index is -2.07. The lowest BCUT2D eigenvalue weighted by molar-refractivity contribution is 0.479. The topological polar surface area (TPSA) is 118 Å². The molecule has 0 fully saturated rings. The molecule has 1 aromatic heterocycles. The Morgan fingerprint density at radius 1 is 1.00 bits per heavy atom. The number of benzene rings is 1.